The molecule has 1 aliphatic rings. The number of cyclic esters (lactones) is 1. The lowest BCUT2D eigenvalue weighted by Crippen LogP contribution is -2.37. The van der Waals surface area contributed by atoms with Gasteiger partial charge in [-0.3, -0.25) is 4.79 Å². The molecule has 0 N–H and O–H groups in total. The number of imide groups is 1. The summed E-state index contributed by atoms with van der Waals surface area (Å²) in [5.41, 5.74) is 0.661. The zero-order chi connectivity index (χ0) is 17.7. The fourth-order valence-electron chi connectivity index (χ4n) is 2.76. The van der Waals surface area contributed by atoms with Gasteiger partial charge < -0.3 is 4.74 Å². The molecule has 2 rings (SSSR count). The smallest absolute Gasteiger partial charge is 0.417 e. The van der Waals surface area contributed by atoms with Crippen molar-refractivity contribution in [2.24, 2.45) is 5.92 Å². The third kappa shape index (κ3) is 4.27. The molecular weight excluding hydrogens is 323 g/mol. The van der Waals surface area contributed by atoms with Gasteiger partial charge in [-0.2, -0.15) is 13.2 Å². The van der Waals surface area contributed by atoms with Crippen LogP contribution in [0.25, 0.3) is 0 Å². The number of rotatable bonds is 6. The normalized spacial score (nSPS) is 19.2. The zero-order valence-electron chi connectivity index (χ0n) is 13.4. The van der Waals surface area contributed by atoms with Crippen LogP contribution in [0, 0.1) is 5.92 Å². The molecule has 0 bridgehead atoms. The maximum atomic E-state index is 13.1. The molecule has 1 aliphatic heterocycles. The van der Waals surface area contributed by atoms with Crippen LogP contribution in [-0.2, 0) is 9.53 Å². The predicted octanol–water partition coefficient (Wildman–Crippen LogP) is 4.47. The number of hydrogen-bond acceptors (Lipinski definition) is 3. The summed E-state index contributed by atoms with van der Waals surface area (Å²) in [6.45, 7) is 1.75. The summed E-state index contributed by atoms with van der Waals surface area (Å²) in [5, 5.41) is 0. The Morgan fingerprint density at radius 3 is 2.58 bits per heavy atom. The van der Waals surface area contributed by atoms with Crippen LogP contribution in [0.4, 0.5) is 18.0 Å². The van der Waals surface area contributed by atoms with E-state index in [0.717, 1.165) is 4.90 Å². The topological polar surface area (TPSA) is 46.6 Å². The van der Waals surface area contributed by atoms with Crippen molar-refractivity contribution >= 4 is 12.0 Å². The molecule has 2 amide bonds. The fraction of sp³-hybridized carbons (Fsp3) is 0.529. The number of carbonyl (C=O) groups is 2. The number of halogens is 3. The highest BCUT2D eigenvalue weighted by Crippen LogP contribution is 2.35. The molecule has 1 unspecified atom stereocenters. The third-order valence-corrected chi connectivity index (χ3v) is 4.12. The number of carbonyl (C=O) groups excluding carboxylic acids is 2. The molecule has 1 heterocycles. The Balaban J connectivity index is 2.14. The molecule has 1 fully saturated rings. The number of hydrogen-bond donors (Lipinski definition) is 0. The standard InChI is InChI=1S/C17H20F3NO3/c1-2-3-9-13(17(18,19)20)10-15(22)21-14(11-24-16(21)23)12-7-5-4-6-8-12/h4-8,13-14H,2-3,9-11H2,1H3/t13?,14-/m1/s1. The van der Waals surface area contributed by atoms with Crippen molar-refractivity contribution in [2.75, 3.05) is 6.61 Å². The summed E-state index contributed by atoms with van der Waals surface area (Å²) in [6.07, 6.45) is -5.21. The largest absolute Gasteiger partial charge is 0.446 e. The molecule has 1 aromatic rings. The summed E-state index contributed by atoms with van der Waals surface area (Å²) >= 11 is 0. The molecule has 0 saturated carbocycles. The lowest BCUT2D eigenvalue weighted by Gasteiger charge is -2.24. The van der Waals surface area contributed by atoms with E-state index < -0.39 is 36.6 Å². The van der Waals surface area contributed by atoms with E-state index in [2.05, 4.69) is 0 Å². The molecule has 0 radical (unpaired) electrons. The molecule has 132 valence electrons. The van der Waals surface area contributed by atoms with E-state index in [9.17, 15) is 22.8 Å². The second-order valence-corrected chi connectivity index (χ2v) is 5.85. The highest BCUT2D eigenvalue weighted by Gasteiger charge is 2.44. The Kier molecular flexibility index (Phi) is 5.85. The summed E-state index contributed by atoms with van der Waals surface area (Å²) in [5.74, 6) is -2.58. The third-order valence-electron chi connectivity index (χ3n) is 4.12. The average Bonchev–Trinajstić information content (AvgIpc) is 2.92. The lowest BCUT2D eigenvalue weighted by atomic mass is 9.96. The van der Waals surface area contributed by atoms with Gasteiger partial charge in [0.25, 0.3) is 0 Å². The van der Waals surface area contributed by atoms with Gasteiger partial charge in [0, 0.05) is 6.42 Å². The average molecular weight is 343 g/mol. The van der Waals surface area contributed by atoms with Gasteiger partial charge in [-0.15, -0.1) is 0 Å². The van der Waals surface area contributed by atoms with Crippen LogP contribution in [-0.4, -0.2) is 29.7 Å². The molecule has 7 heteroatoms. The minimum atomic E-state index is -4.46. The van der Waals surface area contributed by atoms with Gasteiger partial charge in [0.1, 0.15) is 12.6 Å². The minimum Gasteiger partial charge on any atom is -0.446 e. The second kappa shape index (κ2) is 7.68. The van der Waals surface area contributed by atoms with Crippen molar-refractivity contribution in [1.29, 1.82) is 0 Å². The molecular formula is C17H20F3NO3. The molecule has 4 nitrogen and oxygen atoms in total. The van der Waals surface area contributed by atoms with E-state index >= 15 is 0 Å². The van der Waals surface area contributed by atoms with Gasteiger partial charge in [-0.05, 0) is 12.0 Å². The first-order valence-electron chi connectivity index (χ1n) is 7.95. The Labute approximate surface area is 138 Å². The summed E-state index contributed by atoms with van der Waals surface area (Å²) in [4.78, 5) is 25.1. The van der Waals surface area contributed by atoms with Crippen molar-refractivity contribution in [3.8, 4) is 0 Å². The first kappa shape index (κ1) is 18.3. The number of ether oxygens (including phenoxy) is 1. The number of amides is 2. The van der Waals surface area contributed by atoms with Crippen LogP contribution in [0.2, 0.25) is 0 Å². The Morgan fingerprint density at radius 1 is 1.33 bits per heavy atom. The number of unbranched alkanes of at least 4 members (excludes halogenated alkanes) is 1. The quantitative estimate of drug-likeness (QED) is 0.766. The van der Waals surface area contributed by atoms with Crippen molar-refractivity contribution in [3.63, 3.8) is 0 Å². The molecule has 0 spiro atoms. The van der Waals surface area contributed by atoms with Gasteiger partial charge >= 0.3 is 12.3 Å². The van der Waals surface area contributed by atoms with Crippen molar-refractivity contribution in [3.05, 3.63) is 35.9 Å². The van der Waals surface area contributed by atoms with Crippen LogP contribution in [0.1, 0.15) is 44.2 Å². The van der Waals surface area contributed by atoms with Gasteiger partial charge in [-0.1, -0.05) is 50.1 Å². The van der Waals surface area contributed by atoms with Crippen molar-refractivity contribution < 1.29 is 27.5 Å². The first-order chi connectivity index (χ1) is 11.3. The summed E-state index contributed by atoms with van der Waals surface area (Å²) < 4.78 is 44.2. The second-order valence-electron chi connectivity index (χ2n) is 5.85. The Bertz CT molecular complexity index is 574. The van der Waals surface area contributed by atoms with Crippen LogP contribution in [0.3, 0.4) is 0 Å². The van der Waals surface area contributed by atoms with Gasteiger partial charge in [0.2, 0.25) is 5.91 Å². The van der Waals surface area contributed by atoms with Crippen molar-refractivity contribution in [2.45, 2.75) is 44.8 Å². The highest BCUT2D eigenvalue weighted by molar-refractivity contribution is 5.93. The monoisotopic (exact) mass is 343 g/mol. The van der Waals surface area contributed by atoms with Crippen LogP contribution >= 0.6 is 0 Å². The SMILES string of the molecule is CCCCC(CC(=O)N1C(=O)OC[C@@H]1c1ccccc1)C(F)(F)F. The lowest BCUT2D eigenvalue weighted by molar-refractivity contribution is -0.182. The predicted molar refractivity (Wildman–Crippen MR) is 81.1 cm³/mol. The molecule has 0 aliphatic carbocycles. The fourth-order valence-corrected chi connectivity index (χ4v) is 2.76. The highest BCUT2D eigenvalue weighted by atomic mass is 19.4. The zero-order valence-corrected chi connectivity index (χ0v) is 13.4. The Morgan fingerprint density at radius 2 is 2.00 bits per heavy atom. The molecule has 1 aromatic carbocycles. The summed E-state index contributed by atoms with van der Waals surface area (Å²) in [6, 6.07) is 8.00. The molecule has 2 atom stereocenters. The van der Waals surface area contributed by atoms with E-state index in [1.807, 2.05) is 0 Å². The number of alkyl halides is 3. The number of benzene rings is 1. The van der Waals surface area contributed by atoms with Gasteiger partial charge in [0.15, 0.2) is 0 Å². The van der Waals surface area contributed by atoms with E-state index in [4.69, 9.17) is 4.74 Å². The van der Waals surface area contributed by atoms with Crippen LogP contribution in [0.5, 0.6) is 0 Å². The van der Waals surface area contributed by atoms with E-state index in [1.54, 1.807) is 37.3 Å². The van der Waals surface area contributed by atoms with E-state index in [0.29, 0.717) is 18.4 Å². The van der Waals surface area contributed by atoms with Crippen LogP contribution < -0.4 is 0 Å². The minimum absolute atomic E-state index is 0.0414. The maximum absolute atomic E-state index is 13.1. The Hall–Kier alpha value is -2.05. The van der Waals surface area contributed by atoms with Gasteiger partial charge in [-0.25, -0.2) is 9.69 Å². The number of nitrogens with zero attached hydrogens (tertiary/aromatic N) is 1. The first-order valence-corrected chi connectivity index (χ1v) is 7.95. The molecule has 0 aromatic heterocycles. The van der Waals surface area contributed by atoms with Gasteiger partial charge in [0.05, 0.1) is 5.92 Å². The van der Waals surface area contributed by atoms with E-state index in [1.165, 1.54) is 0 Å². The van der Waals surface area contributed by atoms with Crippen LogP contribution in [0.15, 0.2) is 30.3 Å². The van der Waals surface area contributed by atoms with E-state index in [-0.39, 0.29) is 13.0 Å². The maximum Gasteiger partial charge on any atom is 0.417 e. The molecule has 1 saturated heterocycles. The van der Waals surface area contributed by atoms with Crippen molar-refractivity contribution in [1.82, 2.24) is 4.90 Å². The molecule has 24 heavy (non-hydrogen) atoms. The summed E-state index contributed by atoms with van der Waals surface area (Å²) in [7, 11) is 0.